The van der Waals surface area contributed by atoms with Gasteiger partial charge in [-0.05, 0) is 26.2 Å². The van der Waals surface area contributed by atoms with Crippen molar-refractivity contribution in [3.05, 3.63) is 47.1 Å². The molecule has 8 nitrogen and oxygen atoms in total. The zero-order chi connectivity index (χ0) is 19.6. The van der Waals surface area contributed by atoms with Gasteiger partial charge < -0.3 is 9.80 Å². The molecule has 2 amide bonds. The van der Waals surface area contributed by atoms with Crippen LogP contribution in [-0.4, -0.2) is 70.8 Å². The lowest BCUT2D eigenvalue weighted by Crippen LogP contribution is -2.37. The molecule has 1 aliphatic heterocycles. The Balaban J connectivity index is 1.88. The summed E-state index contributed by atoms with van der Waals surface area (Å²) in [4.78, 5) is 43.5. The molecule has 9 heteroatoms. The van der Waals surface area contributed by atoms with E-state index in [1.54, 1.807) is 24.1 Å². The van der Waals surface area contributed by atoms with E-state index in [1.165, 1.54) is 23.5 Å². The molecule has 2 aromatic rings. The van der Waals surface area contributed by atoms with E-state index in [-0.39, 0.29) is 23.9 Å². The number of anilines is 1. The van der Waals surface area contributed by atoms with Crippen LogP contribution in [0.5, 0.6) is 0 Å². The summed E-state index contributed by atoms with van der Waals surface area (Å²) in [5.74, 6) is 0.0201. The molecule has 2 aromatic heterocycles. The SMILES string of the molecule is CN(C)CCN(C)C(=O)C[C@H]1c2nccnc2C(=O)N1c1ccc(Cl)cn1. The van der Waals surface area contributed by atoms with Crippen LogP contribution in [0.25, 0.3) is 0 Å². The molecule has 0 unspecified atom stereocenters. The van der Waals surface area contributed by atoms with Crippen LogP contribution in [0.1, 0.15) is 28.6 Å². The first kappa shape index (κ1) is 19.2. The summed E-state index contributed by atoms with van der Waals surface area (Å²) in [6, 6.07) is 2.76. The van der Waals surface area contributed by atoms with E-state index in [1.807, 2.05) is 19.0 Å². The molecule has 142 valence electrons. The van der Waals surface area contributed by atoms with Gasteiger partial charge in [0, 0.05) is 38.7 Å². The highest BCUT2D eigenvalue weighted by Gasteiger charge is 2.42. The summed E-state index contributed by atoms with van der Waals surface area (Å²) < 4.78 is 0. The number of likely N-dealkylation sites (N-methyl/N-ethyl adjacent to an activating group) is 2. The number of hydrogen-bond acceptors (Lipinski definition) is 6. The van der Waals surface area contributed by atoms with Crippen LogP contribution in [0.3, 0.4) is 0 Å². The Kier molecular flexibility index (Phi) is 5.67. The van der Waals surface area contributed by atoms with E-state index in [0.717, 1.165) is 6.54 Å². The first-order chi connectivity index (χ1) is 12.9. The topological polar surface area (TPSA) is 82.5 Å². The fourth-order valence-corrected chi connectivity index (χ4v) is 3.01. The Bertz CT molecular complexity index is 842. The Hall–Kier alpha value is -2.58. The van der Waals surface area contributed by atoms with Gasteiger partial charge in [-0.25, -0.2) is 9.97 Å². The minimum absolute atomic E-state index is 0.0767. The zero-order valence-electron chi connectivity index (χ0n) is 15.5. The lowest BCUT2D eigenvalue weighted by molar-refractivity contribution is -0.130. The van der Waals surface area contributed by atoms with Crippen molar-refractivity contribution in [2.75, 3.05) is 39.1 Å². The first-order valence-electron chi connectivity index (χ1n) is 8.53. The number of nitrogens with zero attached hydrogens (tertiary/aromatic N) is 6. The number of halogens is 1. The quantitative estimate of drug-likeness (QED) is 0.748. The Morgan fingerprint density at radius 3 is 2.56 bits per heavy atom. The Morgan fingerprint density at radius 2 is 1.89 bits per heavy atom. The third-order valence-electron chi connectivity index (χ3n) is 4.41. The summed E-state index contributed by atoms with van der Waals surface area (Å²) in [6.07, 6.45) is 4.57. The van der Waals surface area contributed by atoms with Crippen molar-refractivity contribution in [2.45, 2.75) is 12.5 Å². The van der Waals surface area contributed by atoms with Gasteiger partial charge in [-0.2, -0.15) is 0 Å². The molecular weight excluding hydrogens is 368 g/mol. The highest BCUT2D eigenvalue weighted by Crippen LogP contribution is 2.36. The van der Waals surface area contributed by atoms with Gasteiger partial charge in [0.1, 0.15) is 5.82 Å². The molecule has 3 heterocycles. The van der Waals surface area contributed by atoms with Crippen molar-refractivity contribution in [1.29, 1.82) is 0 Å². The van der Waals surface area contributed by atoms with Crippen molar-refractivity contribution >= 4 is 29.2 Å². The fourth-order valence-electron chi connectivity index (χ4n) is 2.89. The molecule has 0 radical (unpaired) electrons. The molecule has 3 rings (SSSR count). The number of fused-ring (bicyclic) bond motifs is 1. The number of hydrogen-bond donors (Lipinski definition) is 0. The minimum atomic E-state index is -0.552. The summed E-state index contributed by atoms with van der Waals surface area (Å²) in [6.45, 7) is 1.35. The second kappa shape index (κ2) is 7.98. The molecule has 1 aliphatic rings. The van der Waals surface area contributed by atoms with Crippen molar-refractivity contribution < 1.29 is 9.59 Å². The molecule has 0 N–H and O–H groups in total. The highest BCUT2D eigenvalue weighted by atomic mass is 35.5. The number of amides is 2. The van der Waals surface area contributed by atoms with Gasteiger partial charge in [0.05, 0.1) is 23.2 Å². The van der Waals surface area contributed by atoms with Crippen LogP contribution in [0.2, 0.25) is 5.02 Å². The largest absolute Gasteiger partial charge is 0.344 e. The van der Waals surface area contributed by atoms with Gasteiger partial charge in [0.25, 0.3) is 5.91 Å². The van der Waals surface area contributed by atoms with Crippen molar-refractivity contribution in [2.24, 2.45) is 0 Å². The predicted molar refractivity (Wildman–Crippen MR) is 102 cm³/mol. The second-order valence-electron chi connectivity index (χ2n) is 6.64. The monoisotopic (exact) mass is 388 g/mol. The predicted octanol–water partition coefficient (Wildman–Crippen LogP) is 1.64. The molecule has 0 bridgehead atoms. The summed E-state index contributed by atoms with van der Waals surface area (Å²) in [5.41, 5.74) is 0.747. The third-order valence-corrected chi connectivity index (χ3v) is 4.63. The molecule has 27 heavy (non-hydrogen) atoms. The van der Waals surface area contributed by atoms with E-state index >= 15 is 0 Å². The van der Waals surface area contributed by atoms with Gasteiger partial charge in [0.2, 0.25) is 5.91 Å². The van der Waals surface area contributed by atoms with Crippen molar-refractivity contribution in [3.63, 3.8) is 0 Å². The maximum absolute atomic E-state index is 12.9. The van der Waals surface area contributed by atoms with Crippen molar-refractivity contribution in [1.82, 2.24) is 24.8 Å². The number of rotatable bonds is 6. The number of aromatic nitrogens is 3. The van der Waals surface area contributed by atoms with Crippen molar-refractivity contribution in [3.8, 4) is 0 Å². The molecule has 0 aliphatic carbocycles. The lowest BCUT2D eigenvalue weighted by atomic mass is 10.1. The van der Waals surface area contributed by atoms with Crippen LogP contribution in [0.4, 0.5) is 5.82 Å². The molecule has 0 spiro atoms. The second-order valence-corrected chi connectivity index (χ2v) is 7.07. The molecule has 0 saturated heterocycles. The van der Waals surface area contributed by atoms with E-state index in [0.29, 0.717) is 23.1 Å². The van der Waals surface area contributed by atoms with Gasteiger partial charge >= 0.3 is 0 Å². The van der Waals surface area contributed by atoms with Gasteiger partial charge in [0.15, 0.2) is 5.69 Å². The number of pyridine rings is 1. The van der Waals surface area contributed by atoms with Crippen LogP contribution in [0, 0.1) is 0 Å². The average Bonchev–Trinajstić information content (AvgIpc) is 2.93. The van der Waals surface area contributed by atoms with E-state index in [2.05, 4.69) is 15.0 Å². The maximum atomic E-state index is 12.9. The maximum Gasteiger partial charge on any atom is 0.280 e. The highest BCUT2D eigenvalue weighted by molar-refractivity contribution is 6.30. The van der Waals surface area contributed by atoms with Gasteiger partial charge in [-0.3, -0.25) is 19.5 Å². The molecule has 1 atom stereocenters. The first-order valence-corrected chi connectivity index (χ1v) is 8.91. The Labute approximate surface area is 162 Å². The standard InChI is InChI=1S/C18H21ClN6O2/c1-23(2)8-9-24(3)15(26)10-13-16-17(21-7-6-20-16)18(27)25(13)14-5-4-12(19)11-22-14/h4-7,11,13H,8-10H2,1-3H3/t13-/m0/s1. The van der Waals surface area contributed by atoms with Crippen LogP contribution in [0.15, 0.2) is 30.7 Å². The van der Waals surface area contributed by atoms with Crippen LogP contribution < -0.4 is 4.90 Å². The van der Waals surface area contributed by atoms with E-state index in [4.69, 9.17) is 11.6 Å². The van der Waals surface area contributed by atoms with Gasteiger partial charge in [-0.15, -0.1) is 0 Å². The Morgan fingerprint density at radius 1 is 1.15 bits per heavy atom. The third kappa shape index (κ3) is 4.06. The average molecular weight is 389 g/mol. The normalized spacial score (nSPS) is 16.0. The minimum Gasteiger partial charge on any atom is -0.344 e. The molecular formula is C18H21ClN6O2. The molecule has 0 fully saturated rings. The van der Waals surface area contributed by atoms with E-state index < -0.39 is 6.04 Å². The summed E-state index contributed by atoms with van der Waals surface area (Å²) in [7, 11) is 5.66. The number of carbonyl (C=O) groups excluding carboxylic acids is 2. The fraction of sp³-hybridized carbons (Fsp3) is 0.389. The smallest absolute Gasteiger partial charge is 0.280 e. The van der Waals surface area contributed by atoms with Crippen LogP contribution in [-0.2, 0) is 4.79 Å². The lowest BCUT2D eigenvalue weighted by Gasteiger charge is -2.26. The molecule has 0 saturated carbocycles. The molecule has 0 aromatic carbocycles. The van der Waals surface area contributed by atoms with Crippen LogP contribution >= 0.6 is 11.6 Å². The number of carbonyl (C=O) groups is 2. The summed E-state index contributed by atoms with van der Waals surface area (Å²) >= 11 is 5.91. The van der Waals surface area contributed by atoms with E-state index in [9.17, 15) is 9.59 Å². The van der Waals surface area contributed by atoms with Gasteiger partial charge in [-0.1, -0.05) is 11.6 Å². The summed E-state index contributed by atoms with van der Waals surface area (Å²) in [5, 5.41) is 0.468. The zero-order valence-corrected chi connectivity index (χ0v) is 16.2.